The van der Waals surface area contributed by atoms with E-state index in [1.54, 1.807) is 0 Å². The Morgan fingerprint density at radius 1 is 1.19 bits per heavy atom. The molecule has 1 fully saturated rings. The second-order valence-corrected chi connectivity index (χ2v) is 7.10. The van der Waals surface area contributed by atoms with Gasteiger partial charge >= 0.3 is 0 Å². The quantitative estimate of drug-likeness (QED) is 0.334. The number of rotatable bonds is 11. The molecule has 21 heavy (non-hydrogen) atoms. The lowest BCUT2D eigenvalue weighted by Gasteiger charge is -2.44. The first-order valence-corrected chi connectivity index (χ1v) is 9.19. The fourth-order valence-electron chi connectivity index (χ4n) is 3.99. The molecule has 3 nitrogen and oxygen atoms in total. The van der Waals surface area contributed by atoms with E-state index in [1.165, 1.54) is 57.8 Å². The number of unbranched alkanes of at least 4 members (excludes halogenated alkanes) is 6. The lowest BCUT2D eigenvalue weighted by Crippen LogP contribution is -2.56. The largest absolute Gasteiger partial charge is 0.377 e. The minimum absolute atomic E-state index is 0.0331. The van der Waals surface area contributed by atoms with E-state index < -0.39 is 0 Å². The van der Waals surface area contributed by atoms with Crippen LogP contribution in [0.5, 0.6) is 0 Å². The van der Waals surface area contributed by atoms with Crippen LogP contribution < -0.4 is 11.3 Å². The van der Waals surface area contributed by atoms with Crippen molar-refractivity contribution in [3.63, 3.8) is 0 Å². The van der Waals surface area contributed by atoms with Gasteiger partial charge in [-0.2, -0.15) is 0 Å². The molecule has 1 saturated carbocycles. The molecule has 3 unspecified atom stereocenters. The van der Waals surface area contributed by atoms with Crippen LogP contribution in [-0.4, -0.2) is 18.8 Å². The summed E-state index contributed by atoms with van der Waals surface area (Å²) in [5, 5.41) is 0. The average molecular weight is 299 g/mol. The van der Waals surface area contributed by atoms with Gasteiger partial charge in [0.1, 0.15) is 0 Å². The number of hydrogen-bond donors (Lipinski definition) is 2. The van der Waals surface area contributed by atoms with Gasteiger partial charge in [-0.15, -0.1) is 0 Å². The van der Waals surface area contributed by atoms with Gasteiger partial charge in [-0.1, -0.05) is 71.6 Å². The van der Waals surface area contributed by atoms with E-state index in [0.717, 1.165) is 25.2 Å². The smallest absolute Gasteiger partial charge is 0.0846 e. The minimum atomic E-state index is -0.0331. The number of nitrogens with two attached hydrogens (primary N) is 1. The molecule has 3 heteroatoms. The highest BCUT2D eigenvalue weighted by molar-refractivity contribution is 4.96. The number of hydrogen-bond acceptors (Lipinski definition) is 3. The highest BCUT2D eigenvalue weighted by Gasteiger charge is 2.41. The van der Waals surface area contributed by atoms with Crippen molar-refractivity contribution in [2.45, 2.75) is 103 Å². The van der Waals surface area contributed by atoms with Gasteiger partial charge in [0.25, 0.3) is 0 Å². The second kappa shape index (κ2) is 10.6. The molecule has 0 aromatic rings. The average Bonchev–Trinajstić information content (AvgIpc) is 2.50. The molecule has 0 aliphatic heterocycles. The molecule has 0 aromatic heterocycles. The first kappa shape index (κ1) is 18.9. The summed E-state index contributed by atoms with van der Waals surface area (Å²) >= 11 is 0. The van der Waals surface area contributed by atoms with Crippen molar-refractivity contribution in [2.75, 3.05) is 7.11 Å². The minimum Gasteiger partial charge on any atom is -0.377 e. The van der Waals surface area contributed by atoms with Crippen molar-refractivity contribution in [3.8, 4) is 0 Å². The van der Waals surface area contributed by atoms with Crippen LogP contribution in [0.25, 0.3) is 0 Å². The summed E-state index contributed by atoms with van der Waals surface area (Å²) in [5.41, 5.74) is 3.04. The third-order valence-electron chi connectivity index (χ3n) is 5.33. The van der Waals surface area contributed by atoms with Gasteiger partial charge in [0.15, 0.2) is 0 Å². The normalized spacial score (nSPS) is 27.7. The van der Waals surface area contributed by atoms with Crippen LogP contribution in [0.3, 0.4) is 0 Å². The Bertz CT molecular complexity index is 260. The summed E-state index contributed by atoms with van der Waals surface area (Å²) in [4.78, 5) is 0. The molecule has 1 aliphatic carbocycles. The highest BCUT2D eigenvalue weighted by atomic mass is 16.5. The van der Waals surface area contributed by atoms with Gasteiger partial charge in [0.05, 0.1) is 11.6 Å². The molecule has 0 heterocycles. The van der Waals surface area contributed by atoms with Gasteiger partial charge in [-0.05, 0) is 25.2 Å². The summed E-state index contributed by atoms with van der Waals surface area (Å²) in [6, 6.07) is 0.306. The Kier molecular flexibility index (Phi) is 9.54. The molecule has 1 aliphatic rings. The van der Waals surface area contributed by atoms with E-state index in [4.69, 9.17) is 10.6 Å². The van der Waals surface area contributed by atoms with Crippen LogP contribution in [-0.2, 0) is 4.74 Å². The highest BCUT2D eigenvalue weighted by Crippen LogP contribution is 2.38. The van der Waals surface area contributed by atoms with Gasteiger partial charge < -0.3 is 4.74 Å². The Hall–Kier alpha value is -0.120. The van der Waals surface area contributed by atoms with Crippen molar-refractivity contribution in [3.05, 3.63) is 0 Å². The molecule has 0 radical (unpaired) electrons. The van der Waals surface area contributed by atoms with Crippen LogP contribution >= 0.6 is 0 Å². The molecule has 3 N–H and O–H groups in total. The zero-order valence-electron chi connectivity index (χ0n) is 14.6. The summed E-state index contributed by atoms with van der Waals surface area (Å²) in [6.07, 6.45) is 15.5. The molecular weight excluding hydrogens is 260 g/mol. The Labute approximate surface area is 132 Å². The standard InChI is InChI=1S/C18H38N2O/c1-4-5-6-7-8-9-10-13-17(20-19)18(21-3)14-11-12-16(2)15-18/h16-17,20H,4-15,19H2,1-3H3. The molecule has 0 spiro atoms. The van der Waals surface area contributed by atoms with Gasteiger partial charge in [-0.25, -0.2) is 0 Å². The number of methoxy groups -OCH3 is 1. The van der Waals surface area contributed by atoms with Crippen molar-refractivity contribution in [1.29, 1.82) is 0 Å². The van der Waals surface area contributed by atoms with Crippen LogP contribution in [0.2, 0.25) is 0 Å². The second-order valence-electron chi connectivity index (χ2n) is 7.10. The Morgan fingerprint density at radius 2 is 1.86 bits per heavy atom. The third kappa shape index (κ3) is 6.25. The maximum atomic E-state index is 5.97. The van der Waals surface area contributed by atoms with Crippen molar-refractivity contribution < 1.29 is 4.74 Å². The Balaban J connectivity index is 2.31. The van der Waals surface area contributed by atoms with E-state index in [-0.39, 0.29) is 5.60 Å². The summed E-state index contributed by atoms with van der Waals surface area (Å²) in [7, 11) is 1.87. The van der Waals surface area contributed by atoms with Crippen LogP contribution in [0.1, 0.15) is 90.9 Å². The predicted molar refractivity (Wildman–Crippen MR) is 91.1 cm³/mol. The van der Waals surface area contributed by atoms with E-state index >= 15 is 0 Å². The maximum Gasteiger partial charge on any atom is 0.0846 e. The molecule has 126 valence electrons. The molecule has 0 aromatic carbocycles. The van der Waals surface area contributed by atoms with Crippen molar-refractivity contribution >= 4 is 0 Å². The molecule has 0 bridgehead atoms. The van der Waals surface area contributed by atoms with E-state index in [1.807, 2.05) is 7.11 Å². The lowest BCUT2D eigenvalue weighted by molar-refractivity contribution is -0.0814. The SMILES string of the molecule is CCCCCCCCCC(NN)C1(OC)CCCC(C)C1. The zero-order chi connectivity index (χ0) is 15.6. The maximum absolute atomic E-state index is 5.97. The van der Waals surface area contributed by atoms with E-state index in [9.17, 15) is 0 Å². The molecular formula is C18H38N2O. The van der Waals surface area contributed by atoms with Gasteiger partial charge in [-0.3, -0.25) is 11.3 Å². The predicted octanol–water partition coefficient (Wildman–Crippen LogP) is 4.55. The third-order valence-corrected chi connectivity index (χ3v) is 5.33. The Morgan fingerprint density at radius 3 is 2.43 bits per heavy atom. The zero-order valence-corrected chi connectivity index (χ0v) is 14.6. The first-order chi connectivity index (χ1) is 10.2. The number of ether oxygens (including phenoxy) is 1. The first-order valence-electron chi connectivity index (χ1n) is 9.19. The number of hydrazine groups is 1. The number of nitrogens with one attached hydrogen (secondary N) is 1. The topological polar surface area (TPSA) is 47.3 Å². The fourth-order valence-corrected chi connectivity index (χ4v) is 3.99. The molecule has 3 atom stereocenters. The van der Waals surface area contributed by atoms with Crippen LogP contribution in [0.15, 0.2) is 0 Å². The summed E-state index contributed by atoms with van der Waals surface area (Å²) < 4.78 is 5.97. The van der Waals surface area contributed by atoms with E-state index in [2.05, 4.69) is 19.3 Å². The van der Waals surface area contributed by atoms with Crippen LogP contribution in [0, 0.1) is 5.92 Å². The van der Waals surface area contributed by atoms with Crippen molar-refractivity contribution in [2.24, 2.45) is 11.8 Å². The molecule has 0 saturated heterocycles. The molecule has 0 amide bonds. The van der Waals surface area contributed by atoms with Crippen LogP contribution in [0.4, 0.5) is 0 Å². The summed E-state index contributed by atoms with van der Waals surface area (Å²) in [6.45, 7) is 4.61. The lowest BCUT2D eigenvalue weighted by atomic mass is 9.73. The summed E-state index contributed by atoms with van der Waals surface area (Å²) in [5.74, 6) is 6.61. The van der Waals surface area contributed by atoms with Gasteiger partial charge in [0.2, 0.25) is 0 Å². The van der Waals surface area contributed by atoms with Crippen molar-refractivity contribution in [1.82, 2.24) is 5.43 Å². The van der Waals surface area contributed by atoms with Gasteiger partial charge in [0, 0.05) is 7.11 Å². The fraction of sp³-hybridized carbons (Fsp3) is 1.00. The molecule has 1 rings (SSSR count). The monoisotopic (exact) mass is 298 g/mol. The van der Waals surface area contributed by atoms with E-state index in [0.29, 0.717) is 6.04 Å².